The molecule has 0 fully saturated rings. The summed E-state index contributed by atoms with van der Waals surface area (Å²) in [5.74, 6) is 0. The number of rotatable bonds is 3. The van der Waals surface area contributed by atoms with Crippen molar-refractivity contribution in [2.75, 3.05) is 0 Å². The molecular formula is C39H27N3. The van der Waals surface area contributed by atoms with Gasteiger partial charge in [-0.1, -0.05) is 72.8 Å². The summed E-state index contributed by atoms with van der Waals surface area (Å²) in [6.45, 7) is 0. The van der Waals surface area contributed by atoms with Gasteiger partial charge in [0.25, 0.3) is 0 Å². The van der Waals surface area contributed by atoms with E-state index in [1.165, 1.54) is 77.7 Å². The van der Waals surface area contributed by atoms with Crippen molar-refractivity contribution in [1.29, 1.82) is 0 Å². The van der Waals surface area contributed by atoms with Gasteiger partial charge in [0.15, 0.2) is 0 Å². The lowest BCUT2D eigenvalue weighted by atomic mass is 9.99. The molecule has 0 radical (unpaired) electrons. The first-order valence-corrected chi connectivity index (χ1v) is 14.5. The van der Waals surface area contributed by atoms with E-state index in [2.05, 4.69) is 160 Å². The van der Waals surface area contributed by atoms with Gasteiger partial charge in [-0.3, -0.25) is 0 Å². The van der Waals surface area contributed by atoms with Crippen LogP contribution in [0.5, 0.6) is 0 Å². The maximum absolute atomic E-state index is 3.74. The van der Waals surface area contributed by atoms with E-state index in [1.807, 2.05) is 0 Å². The van der Waals surface area contributed by atoms with Crippen molar-refractivity contribution in [3.8, 4) is 22.5 Å². The fourth-order valence-electron chi connectivity index (χ4n) is 6.77. The summed E-state index contributed by atoms with van der Waals surface area (Å²) >= 11 is 0. The van der Waals surface area contributed by atoms with Crippen molar-refractivity contribution < 1.29 is 0 Å². The van der Waals surface area contributed by atoms with Gasteiger partial charge in [0.1, 0.15) is 0 Å². The summed E-state index contributed by atoms with van der Waals surface area (Å²) in [6, 6.07) is 45.9. The van der Waals surface area contributed by atoms with Gasteiger partial charge in [-0.15, -0.1) is 0 Å². The molecule has 3 heterocycles. The lowest BCUT2D eigenvalue weighted by Crippen LogP contribution is -1.96. The predicted molar refractivity (Wildman–Crippen MR) is 176 cm³/mol. The molecule has 198 valence electrons. The molecule has 5 aromatic carbocycles. The maximum Gasteiger partial charge on any atom is 0.0541 e. The van der Waals surface area contributed by atoms with Crippen molar-refractivity contribution in [2.45, 2.75) is 6.42 Å². The third-order valence-electron chi connectivity index (χ3n) is 8.76. The number of fused-ring (bicyclic) bond motifs is 7. The zero-order chi connectivity index (χ0) is 27.6. The van der Waals surface area contributed by atoms with Crippen LogP contribution >= 0.6 is 0 Å². The molecule has 3 nitrogen and oxygen atoms in total. The van der Waals surface area contributed by atoms with Crippen molar-refractivity contribution >= 4 is 44.9 Å². The molecule has 3 heteroatoms. The van der Waals surface area contributed by atoms with Crippen LogP contribution in [0.15, 0.2) is 134 Å². The quantitative estimate of drug-likeness (QED) is 0.232. The van der Waals surface area contributed by atoms with Gasteiger partial charge in [-0.25, -0.2) is 0 Å². The van der Waals surface area contributed by atoms with Gasteiger partial charge in [-0.2, -0.15) is 0 Å². The second kappa shape index (κ2) is 8.98. The molecule has 0 bridgehead atoms. The lowest BCUT2D eigenvalue weighted by Gasteiger charge is -2.08. The molecule has 0 unspecified atom stereocenters. The Bertz CT molecular complexity index is 2310. The summed E-state index contributed by atoms with van der Waals surface area (Å²) < 4.78 is 4.65. The highest BCUT2D eigenvalue weighted by Gasteiger charge is 2.19. The van der Waals surface area contributed by atoms with Crippen LogP contribution in [-0.4, -0.2) is 14.1 Å². The van der Waals surface area contributed by atoms with Gasteiger partial charge in [0.05, 0.1) is 11.0 Å². The second-order valence-corrected chi connectivity index (χ2v) is 11.1. The normalized spacial score (nSPS) is 12.6. The van der Waals surface area contributed by atoms with Gasteiger partial charge in [0.2, 0.25) is 0 Å². The van der Waals surface area contributed by atoms with Crippen molar-refractivity contribution in [1.82, 2.24) is 14.1 Å². The van der Waals surface area contributed by atoms with E-state index in [9.17, 15) is 0 Å². The molecule has 0 saturated heterocycles. The number of hydrogen-bond donors (Lipinski definition) is 1. The van der Waals surface area contributed by atoms with Crippen LogP contribution in [0, 0.1) is 0 Å². The Labute approximate surface area is 243 Å². The minimum absolute atomic E-state index is 0.881. The molecule has 0 atom stereocenters. The number of aromatic amines is 1. The van der Waals surface area contributed by atoms with Gasteiger partial charge < -0.3 is 14.1 Å². The Morgan fingerprint density at radius 1 is 0.548 bits per heavy atom. The average Bonchev–Trinajstić information content (AvgIpc) is 3.68. The van der Waals surface area contributed by atoms with Crippen LogP contribution in [0.1, 0.15) is 22.5 Å². The molecular weight excluding hydrogens is 510 g/mol. The number of H-pyrrole nitrogens is 1. The molecule has 1 N–H and O–H groups in total. The fourth-order valence-corrected chi connectivity index (χ4v) is 6.77. The Kier molecular flexibility index (Phi) is 4.96. The van der Waals surface area contributed by atoms with E-state index in [1.54, 1.807) is 0 Å². The van der Waals surface area contributed by atoms with Crippen LogP contribution in [0.4, 0.5) is 0 Å². The maximum atomic E-state index is 3.74. The van der Waals surface area contributed by atoms with Gasteiger partial charge in [-0.05, 0) is 83.4 Å². The van der Waals surface area contributed by atoms with Gasteiger partial charge in [0, 0.05) is 62.6 Å². The van der Waals surface area contributed by atoms with E-state index in [-0.39, 0.29) is 0 Å². The number of hydrogen-bond acceptors (Lipinski definition) is 0. The lowest BCUT2D eigenvalue weighted by molar-refractivity contribution is 1.04. The van der Waals surface area contributed by atoms with E-state index >= 15 is 0 Å². The molecule has 0 aliphatic heterocycles. The number of nitrogens with zero attached hydrogens (tertiary/aromatic N) is 2. The SMILES string of the molecule is C1=Cc2c(ccn2-c2ccccc2)Cc2[nH]c3ccc(-c4ccc5c(c4)c4ccccc4n5-c4ccccc4)cc3c21. The molecule has 42 heavy (non-hydrogen) atoms. The van der Waals surface area contributed by atoms with Crippen LogP contribution in [0.25, 0.3) is 67.4 Å². The van der Waals surface area contributed by atoms with Crippen molar-refractivity contribution in [2.24, 2.45) is 0 Å². The Morgan fingerprint density at radius 3 is 2.07 bits per heavy atom. The van der Waals surface area contributed by atoms with E-state index < -0.39 is 0 Å². The monoisotopic (exact) mass is 537 g/mol. The number of nitrogens with one attached hydrogen (secondary N) is 1. The van der Waals surface area contributed by atoms with E-state index in [0.717, 1.165) is 6.42 Å². The molecule has 9 rings (SSSR count). The van der Waals surface area contributed by atoms with Crippen LogP contribution in [0.2, 0.25) is 0 Å². The smallest absolute Gasteiger partial charge is 0.0541 e. The largest absolute Gasteiger partial charge is 0.358 e. The first kappa shape index (κ1) is 23.2. The molecule has 1 aliphatic carbocycles. The highest BCUT2D eigenvalue weighted by molar-refractivity contribution is 6.10. The average molecular weight is 538 g/mol. The fraction of sp³-hybridized carbons (Fsp3) is 0.0256. The summed E-state index contributed by atoms with van der Waals surface area (Å²) in [5.41, 5.74) is 13.6. The first-order valence-electron chi connectivity index (χ1n) is 14.5. The number of para-hydroxylation sites is 3. The topological polar surface area (TPSA) is 25.6 Å². The van der Waals surface area contributed by atoms with E-state index in [4.69, 9.17) is 0 Å². The molecule has 8 aromatic rings. The molecule has 0 spiro atoms. The van der Waals surface area contributed by atoms with Gasteiger partial charge >= 0.3 is 0 Å². The van der Waals surface area contributed by atoms with Crippen molar-refractivity contribution in [3.05, 3.63) is 156 Å². The van der Waals surface area contributed by atoms with Crippen molar-refractivity contribution in [3.63, 3.8) is 0 Å². The summed E-state index contributed by atoms with van der Waals surface area (Å²) in [4.78, 5) is 3.74. The molecule has 0 saturated carbocycles. The number of benzene rings is 5. The Balaban J connectivity index is 1.17. The van der Waals surface area contributed by atoms with Crippen LogP contribution in [-0.2, 0) is 6.42 Å². The second-order valence-electron chi connectivity index (χ2n) is 11.1. The van der Waals surface area contributed by atoms with Crippen LogP contribution in [0.3, 0.4) is 0 Å². The molecule has 1 aliphatic rings. The molecule has 0 amide bonds. The van der Waals surface area contributed by atoms with Crippen LogP contribution < -0.4 is 0 Å². The highest BCUT2D eigenvalue weighted by Crippen LogP contribution is 2.37. The zero-order valence-electron chi connectivity index (χ0n) is 23.0. The molecule has 3 aromatic heterocycles. The summed E-state index contributed by atoms with van der Waals surface area (Å²) in [7, 11) is 0. The summed E-state index contributed by atoms with van der Waals surface area (Å²) in [6.07, 6.45) is 7.63. The Morgan fingerprint density at radius 2 is 1.24 bits per heavy atom. The highest BCUT2D eigenvalue weighted by atomic mass is 15.0. The predicted octanol–water partition coefficient (Wildman–Crippen LogP) is 9.80. The van der Waals surface area contributed by atoms with E-state index in [0.29, 0.717) is 0 Å². The first-order chi connectivity index (χ1) is 20.8. The minimum Gasteiger partial charge on any atom is -0.358 e. The third-order valence-corrected chi connectivity index (χ3v) is 8.76. The third kappa shape index (κ3) is 3.47. The zero-order valence-corrected chi connectivity index (χ0v) is 23.0. The minimum atomic E-state index is 0.881. The summed E-state index contributed by atoms with van der Waals surface area (Å²) in [5, 5.41) is 3.81. The number of aromatic nitrogens is 3. The Hall–Kier alpha value is -5.54. The standard InChI is InChI=1S/C39H27N3/c1-3-9-29(10-4-1)41-22-21-28-25-36-31(17-20-37(28)41)33-23-26(15-18-35(33)40-36)27-16-19-39-34(24-27)32-13-7-8-14-38(32)42(39)30-11-5-2-6-12-30/h1-24,40H,25H2.